The number of ether oxygens (including phenoxy) is 1. The van der Waals surface area contributed by atoms with Gasteiger partial charge in [-0.25, -0.2) is 9.97 Å². The molecule has 0 atom stereocenters. The van der Waals surface area contributed by atoms with Crippen molar-refractivity contribution in [3.8, 4) is 22.8 Å². The molecule has 4 rings (SSSR count). The number of pyridine rings is 2. The molecule has 0 saturated carbocycles. The second kappa shape index (κ2) is 10.3. The predicted octanol–water partition coefficient (Wildman–Crippen LogP) is 4.72. The third-order valence-electron chi connectivity index (χ3n) is 5.46. The van der Waals surface area contributed by atoms with Crippen LogP contribution in [0.1, 0.15) is 42.5 Å². The molecule has 34 heavy (non-hydrogen) atoms. The van der Waals surface area contributed by atoms with E-state index in [1.165, 1.54) is 0 Å². The summed E-state index contributed by atoms with van der Waals surface area (Å²) in [7, 11) is 1.85. The number of nitrogens with zero attached hydrogens (tertiary/aromatic N) is 6. The van der Waals surface area contributed by atoms with Crippen LogP contribution in [0, 0.1) is 13.8 Å². The molecular formula is C25H27BrN6O2. The van der Waals surface area contributed by atoms with Crippen LogP contribution in [0.3, 0.4) is 0 Å². The van der Waals surface area contributed by atoms with Crippen molar-refractivity contribution < 1.29 is 4.74 Å². The van der Waals surface area contributed by atoms with Crippen molar-refractivity contribution in [2.45, 2.75) is 46.6 Å². The summed E-state index contributed by atoms with van der Waals surface area (Å²) in [6.07, 6.45) is 8.33. The monoisotopic (exact) mass is 522 g/mol. The molecule has 0 amide bonds. The summed E-state index contributed by atoms with van der Waals surface area (Å²) in [6, 6.07) is 7.41. The number of halogens is 1. The van der Waals surface area contributed by atoms with Gasteiger partial charge in [-0.1, -0.05) is 13.3 Å². The van der Waals surface area contributed by atoms with E-state index in [1.807, 2.05) is 57.6 Å². The van der Waals surface area contributed by atoms with Crippen molar-refractivity contribution in [3.63, 3.8) is 0 Å². The number of unbranched alkanes of at least 4 members (excludes halogenated alkanes) is 1. The Morgan fingerprint density at radius 1 is 1.15 bits per heavy atom. The molecule has 0 aliphatic rings. The predicted molar refractivity (Wildman–Crippen MR) is 134 cm³/mol. The Morgan fingerprint density at radius 3 is 2.71 bits per heavy atom. The highest BCUT2D eigenvalue weighted by atomic mass is 79.9. The van der Waals surface area contributed by atoms with E-state index < -0.39 is 0 Å². The molecule has 0 saturated heterocycles. The van der Waals surface area contributed by atoms with Crippen LogP contribution in [-0.2, 0) is 20.1 Å². The van der Waals surface area contributed by atoms with Gasteiger partial charge >= 0.3 is 0 Å². The summed E-state index contributed by atoms with van der Waals surface area (Å²) in [5, 5.41) is 4.31. The topological polar surface area (TPSA) is 87.7 Å². The van der Waals surface area contributed by atoms with Crippen molar-refractivity contribution in [3.05, 3.63) is 80.5 Å². The van der Waals surface area contributed by atoms with Crippen LogP contribution in [0.2, 0.25) is 0 Å². The lowest BCUT2D eigenvalue weighted by molar-refractivity contribution is 0.296. The molecule has 0 radical (unpaired) electrons. The van der Waals surface area contributed by atoms with Crippen molar-refractivity contribution in [2.75, 3.05) is 0 Å². The molecule has 4 aromatic heterocycles. The van der Waals surface area contributed by atoms with Crippen molar-refractivity contribution in [1.82, 2.24) is 29.3 Å². The fourth-order valence-electron chi connectivity index (χ4n) is 3.68. The fourth-order valence-corrected chi connectivity index (χ4v) is 4.09. The summed E-state index contributed by atoms with van der Waals surface area (Å²) < 4.78 is 9.58. The largest absolute Gasteiger partial charge is 0.486 e. The fraction of sp³-hybridized carbons (Fsp3) is 0.320. The molecule has 9 heteroatoms. The minimum Gasteiger partial charge on any atom is -0.486 e. The van der Waals surface area contributed by atoms with E-state index in [9.17, 15) is 4.79 Å². The lowest BCUT2D eigenvalue weighted by Gasteiger charge is -2.15. The Morgan fingerprint density at radius 2 is 1.97 bits per heavy atom. The number of rotatable bonds is 8. The van der Waals surface area contributed by atoms with Crippen LogP contribution < -0.4 is 10.3 Å². The van der Waals surface area contributed by atoms with E-state index in [2.05, 4.69) is 37.9 Å². The van der Waals surface area contributed by atoms with Crippen LogP contribution in [0.5, 0.6) is 5.75 Å². The zero-order valence-corrected chi connectivity index (χ0v) is 21.3. The summed E-state index contributed by atoms with van der Waals surface area (Å²) in [6.45, 7) is 6.26. The van der Waals surface area contributed by atoms with Gasteiger partial charge in [0.1, 0.15) is 22.7 Å². The first-order valence-electron chi connectivity index (χ1n) is 11.2. The van der Waals surface area contributed by atoms with Crippen LogP contribution in [-0.4, -0.2) is 29.3 Å². The summed E-state index contributed by atoms with van der Waals surface area (Å²) in [5.74, 6) is 1.28. The highest BCUT2D eigenvalue weighted by molar-refractivity contribution is 9.10. The standard InChI is InChI=1S/C25H27BrN6O2/c1-5-6-7-22-28-14-16(2)24(29-22)20-13-19(8-10-27-20)32-17(3)12-21(23(26)25(32)33)34-15-18-9-11-31(4)30-18/h8-14H,5-7,15H2,1-4H3. The van der Waals surface area contributed by atoms with Gasteiger partial charge in [-0.2, -0.15) is 5.10 Å². The summed E-state index contributed by atoms with van der Waals surface area (Å²) in [4.78, 5) is 27.0. The molecule has 0 aliphatic carbocycles. The zero-order chi connectivity index (χ0) is 24.2. The van der Waals surface area contributed by atoms with Gasteiger partial charge in [0.25, 0.3) is 5.56 Å². The average Bonchev–Trinajstić information content (AvgIpc) is 3.25. The molecule has 0 unspecified atom stereocenters. The Kier molecular flexibility index (Phi) is 7.21. The van der Waals surface area contributed by atoms with E-state index >= 15 is 0 Å². The van der Waals surface area contributed by atoms with Gasteiger partial charge in [0, 0.05) is 43.8 Å². The van der Waals surface area contributed by atoms with Crippen molar-refractivity contribution in [2.24, 2.45) is 7.05 Å². The molecule has 0 N–H and O–H groups in total. The highest BCUT2D eigenvalue weighted by Gasteiger charge is 2.16. The molecule has 176 valence electrons. The quantitative estimate of drug-likeness (QED) is 0.332. The smallest absolute Gasteiger partial charge is 0.273 e. The second-order valence-corrected chi connectivity index (χ2v) is 8.99. The summed E-state index contributed by atoms with van der Waals surface area (Å²) >= 11 is 3.43. The van der Waals surface area contributed by atoms with Gasteiger partial charge in [0.15, 0.2) is 0 Å². The minimum absolute atomic E-state index is 0.212. The number of aryl methyl sites for hydroxylation is 4. The molecule has 8 nitrogen and oxygen atoms in total. The SMILES string of the molecule is CCCCc1ncc(C)c(-c2cc(-n3c(C)cc(OCc4ccn(C)n4)c(Br)c3=O)ccn2)n1. The maximum absolute atomic E-state index is 13.3. The van der Waals surface area contributed by atoms with Crippen LogP contribution >= 0.6 is 15.9 Å². The van der Waals surface area contributed by atoms with Gasteiger partial charge in [0.05, 0.1) is 22.8 Å². The molecular weight excluding hydrogens is 496 g/mol. The molecule has 0 spiro atoms. The zero-order valence-electron chi connectivity index (χ0n) is 19.7. The Hall–Kier alpha value is -3.33. The third-order valence-corrected chi connectivity index (χ3v) is 6.19. The number of hydrogen-bond acceptors (Lipinski definition) is 6. The Bertz CT molecular complexity index is 1380. The number of aromatic nitrogens is 6. The highest BCUT2D eigenvalue weighted by Crippen LogP contribution is 2.26. The Labute approximate surface area is 206 Å². The maximum Gasteiger partial charge on any atom is 0.273 e. The van der Waals surface area contributed by atoms with E-state index in [0.717, 1.165) is 47.7 Å². The first-order valence-corrected chi connectivity index (χ1v) is 12.0. The molecule has 0 aromatic carbocycles. The first-order chi connectivity index (χ1) is 16.4. The van der Waals surface area contributed by atoms with Crippen molar-refractivity contribution >= 4 is 15.9 Å². The van der Waals surface area contributed by atoms with Crippen LogP contribution in [0.15, 0.2) is 52.1 Å². The van der Waals surface area contributed by atoms with Gasteiger partial charge in [-0.15, -0.1) is 0 Å². The maximum atomic E-state index is 13.3. The van der Waals surface area contributed by atoms with E-state index in [0.29, 0.717) is 21.6 Å². The molecule has 0 fully saturated rings. The van der Waals surface area contributed by atoms with E-state index in [-0.39, 0.29) is 12.2 Å². The number of hydrogen-bond donors (Lipinski definition) is 0. The molecule has 0 aliphatic heterocycles. The third kappa shape index (κ3) is 5.09. The Balaban J connectivity index is 1.67. The van der Waals surface area contributed by atoms with Crippen LogP contribution in [0.25, 0.3) is 17.1 Å². The summed E-state index contributed by atoms with van der Waals surface area (Å²) in [5.41, 5.74) is 4.44. The molecule has 4 heterocycles. The van der Waals surface area contributed by atoms with Crippen LogP contribution in [0.4, 0.5) is 0 Å². The normalized spacial score (nSPS) is 11.1. The molecule has 4 aromatic rings. The van der Waals surface area contributed by atoms with Gasteiger partial charge < -0.3 is 4.74 Å². The second-order valence-electron chi connectivity index (χ2n) is 8.19. The average molecular weight is 523 g/mol. The van der Waals surface area contributed by atoms with Gasteiger partial charge in [-0.3, -0.25) is 19.0 Å². The van der Waals surface area contributed by atoms with Gasteiger partial charge in [0.2, 0.25) is 0 Å². The van der Waals surface area contributed by atoms with E-state index in [4.69, 9.17) is 9.72 Å². The minimum atomic E-state index is -0.212. The molecule has 0 bridgehead atoms. The lowest BCUT2D eigenvalue weighted by Crippen LogP contribution is -2.22. The first kappa shape index (κ1) is 23.8. The van der Waals surface area contributed by atoms with Gasteiger partial charge in [-0.05, 0) is 60.0 Å². The van der Waals surface area contributed by atoms with Crippen molar-refractivity contribution in [1.29, 1.82) is 0 Å². The lowest BCUT2D eigenvalue weighted by atomic mass is 10.1. The van der Waals surface area contributed by atoms with E-state index in [1.54, 1.807) is 15.4 Å².